The van der Waals surface area contributed by atoms with Gasteiger partial charge >= 0.3 is 29.6 Å². The molecule has 0 radical (unpaired) electrons. The van der Waals surface area contributed by atoms with Gasteiger partial charge in [0.2, 0.25) is 5.88 Å². The van der Waals surface area contributed by atoms with Gasteiger partial charge in [0.1, 0.15) is 9.77 Å². The van der Waals surface area contributed by atoms with Gasteiger partial charge in [-0.05, 0) is 63.3 Å². The number of carbonyl (C=O) groups excluding carboxylic acids is 2. The van der Waals surface area contributed by atoms with Crippen molar-refractivity contribution in [3.05, 3.63) is 56.4 Å². The van der Waals surface area contributed by atoms with Gasteiger partial charge in [-0.3, -0.25) is 9.59 Å². The van der Waals surface area contributed by atoms with Gasteiger partial charge in [0.25, 0.3) is 15.9 Å². The smallest absolute Gasteiger partial charge is 0.870 e. The Morgan fingerprint density at radius 3 is 2.34 bits per heavy atom. The zero-order valence-corrected chi connectivity index (χ0v) is 22.2. The van der Waals surface area contributed by atoms with Crippen LogP contribution in [0.1, 0.15) is 49.3 Å². The summed E-state index contributed by atoms with van der Waals surface area (Å²) in [6, 6.07) is 4.87. The van der Waals surface area contributed by atoms with Crippen LogP contribution in [0.3, 0.4) is 0 Å². The van der Waals surface area contributed by atoms with E-state index in [0.29, 0.717) is 28.1 Å². The summed E-state index contributed by atoms with van der Waals surface area (Å²) in [5.41, 5.74) is 3.44. The molecule has 32 heavy (non-hydrogen) atoms. The number of hydrogen-bond acceptors (Lipinski definition) is 8. The standard InChI is InChI=1S/C20H21N3O5S2.Na.H2O/c1-10-8-11(2)17(15(9-10)14(5)24)21-19(25)18-16(6-7-29-18)30(26,27)23-20-12(3)13(4)22-28-20;;/h6-9,23H,1-5H3,(H,21,25);;1H2/q;+1;/p-1. The summed E-state index contributed by atoms with van der Waals surface area (Å²) < 4.78 is 33.1. The predicted octanol–water partition coefficient (Wildman–Crippen LogP) is 1.05. The van der Waals surface area contributed by atoms with E-state index in [9.17, 15) is 18.0 Å². The van der Waals surface area contributed by atoms with Crippen LogP contribution in [0.2, 0.25) is 0 Å². The van der Waals surface area contributed by atoms with Crippen molar-refractivity contribution in [3.63, 3.8) is 0 Å². The van der Waals surface area contributed by atoms with Crippen LogP contribution in [0.25, 0.3) is 0 Å². The molecule has 2 aromatic heterocycles. The van der Waals surface area contributed by atoms with E-state index in [1.807, 2.05) is 13.0 Å². The summed E-state index contributed by atoms with van der Waals surface area (Å²) in [5.74, 6) is -0.822. The van der Waals surface area contributed by atoms with Gasteiger partial charge < -0.3 is 15.3 Å². The molecule has 0 aliphatic carbocycles. The van der Waals surface area contributed by atoms with Crippen LogP contribution >= 0.6 is 11.3 Å². The third-order valence-electron chi connectivity index (χ3n) is 4.61. The third kappa shape index (κ3) is 5.66. The molecule has 3 rings (SSSR count). The summed E-state index contributed by atoms with van der Waals surface area (Å²) in [4.78, 5) is 24.8. The number of amides is 1. The van der Waals surface area contributed by atoms with Crippen molar-refractivity contribution in [2.45, 2.75) is 39.5 Å². The molecule has 0 spiro atoms. The van der Waals surface area contributed by atoms with Crippen molar-refractivity contribution in [2.75, 3.05) is 10.0 Å². The molecule has 0 unspecified atom stereocenters. The molecule has 0 aliphatic heterocycles. The first kappa shape index (κ1) is 28.0. The number of Topliss-reactive ketones (excluding diaryl/α,β-unsaturated/α-hetero) is 1. The van der Waals surface area contributed by atoms with Gasteiger partial charge in [-0.1, -0.05) is 11.2 Å². The number of thiophene rings is 1. The largest absolute Gasteiger partial charge is 1.00 e. The Morgan fingerprint density at radius 1 is 1.12 bits per heavy atom. The Balaban J connectivity index is 0.00000256. The summed E-state index contributed by atoms with van der Waals surface area (Å²) in [6.07, 6.45) is 0. The average molecular weight is 488 g/mol. The van der Waals surface area contributed by atoms with Gasteiger partial charge in [0.05, 0.1) is 11.4 Å². The number of sulfonamides is 1. The maximum Gasteiger partial charge on any atom is 1.00 e. The minimum Gasteiger partial charge on any atom is -0.870 e. The number of anilines is 2. The van der Waals surface area contributed by atoms with Crippen molar-refractivity contribution in [1.82, 2.24) is 5.16 Å². The number of rotatable bonds is 6. The summed E-state index contributed by atoms with van der Waals surface area (Å²) in [6.45, 7) is 8.41. The van der Waals surface area contributed by atoms with E-state index in [4.69, 9.17) is 4.52 Å². The second-order valence-corrected chi connectivity index (χ2v) is 9.52. The second kappa shape index (κ2) is 10.7. The van der Waals surface area contributed by atoms with Crippen LogP contribution in [0.5, 0.6) is 0 Å². The molecule has 1 aromatic carbocycles. The van der Waals surface area contributed by atoms with E-state index >= 15 is 0 Å². The number of carbonyl (C=O) groups is 2. The molecule has 0 bridgehead atoms. The van der Waals surface area contributed by atoms with Crippen LogP contribution < -0.4 is 39.6 Å². The van der Waals surface area contributed by atoms with Gasteiger partial charge in [-0.2, -0.15) is 0 Å². The van der Waals surface area contributed by atoms with Crippen molar-refractivity contribution in [1.29, 1.82) is 0 Å². The van der Waals surface area contributed by atoms with Crippen LogP contribution in [0.15, 0.2) is 33.0 Å². The molecule has 3 N–H and O–H groups in total. The van der Waals surface area contributed by atoms with Gasteiger partial charge in [0, 0.05) is 11.1 Å². The fourth-order valence-corrected chi connectivity index (χ4v) is 5.31. The Morgan fingerprint density at radius 2 is 1.78 bits per heavy atom. The van der Waals surface area contributed by atoms with Crippen LogP contribution in [-0.2, 0) is 10.0 Å². The Hall–Kier alpha value is -2.02. The maximum absolute atomic E-state index is 12.9. The SMILES string of the molecule is CC(=O)c1cc(C)cc(C)c1NC(=O)c1sccc1S(=O)(=O)Nc1onc(C)c1C.[Na+].[OH-]. The number of ketones is 1. The normalized spacial score (nSPS) is 10.7. The minimum absolute atomic E-state index is 0. The van der Waals surface area contributed by atoms with Gasteiger partial charge in [-0.25, -0.2) is 13.1 Å². The molecule has 2 heterocycles. The molecule has 0 fully saturated rings. The first-order valence-corrected chi connectivity index (χ1v) is 11.3. The van der Waals surface area contributed by atoms with E-state index in [2.05, 4.69) is 15.2 Å². The molecule has 0 aliphatic rings. The number of aryl methyl sites for hydroxylation is 3. The Labute approximate surface area is 212 Å². The number of hydrogen-bond donors (Lipinski definition) is 2. The van der Waals surface area contributed by atoms with E-state index in [1.54, 1.807) is 26.8 Å². The fourth-order valence-electron chi connectivity index (χ4n) is 2.94. The number of nitrogens with zero attached hydrogens (tertiary/aromatic N) is 1. The topological polar surface area (TPSA) is 148 Å². The monoisotopic (exact) mass is 487 g/mol. The molecule has 0 saturated heterocycles. The van der Waals surface area contributed by atoms with E-state index in [-0.39, 0.29) is 56.5 Å². The van der Waals surface area contributed by atoms with Crippen molar-refractivity contribution in [3.8, 4) is 0 Å². The Bertz CT molecular complexity index is 1260. The number of aromatic nitrogens is 1. The molecular formula is C20H22N3NaO6S2. The number of benzene rings is 1. The van der Waals surface area contributed by atoms with Gasteiger partial charge in [0.15, 0.2) is 5.78 Å². The fraction of sp³-hybridized carbons (Fsp3) is 0.250. The molecule has 9 nitrogen and oxygen atoms in total. The van der Waals surface area contributed by atoms with E-state index < -0.39 is 15.9 Å². The summed E-state index contributed by atoms with van der Waals surface area (Å²) >= 11 is 0.985. The molecule has 0 atom stereocenters. The first-order valence-electron chi connectivity index (χ1n) is 8.98. The number of nitrogens with one attached hydrogen (secondary N) is 2. The van der Waals surface area contributed by atoms with E-state index in [1.165, 1.54) is 18.4 Å². The van der Waals surface area contributed by atoms with Crippen LogP contribution in [0, 0.1) is 27.7 Å². The average Bonchev–Trinajstić information content (AvgIpc) is 3.26. The summed E-state index contributed by atoms with van der Waals surface area (Å²) in [7, 11) is -4.09. The summed E-state index contributed by atoms with van der Waals surface area (Å²) in [5, 5.41) is 7.94. The van der Waals surface area contributed by atoms with Crippen LogP contribution in [-0.4, -0.2) is 30.7 Å². The quantitative estimate of drug-likeness (QED) is 0.390. The maximum atomic E-state index is 12.9. The van der Waals surface area contributed by atoms with Crippen molar-refractivity contribution >= 4 is 44.6 Å². The predicted molar refractivity (Wildman–Crippen MR) is 117 cm³/mol. The van der Waals surface area contributed by atoms with Crippen molar-refractivity contribution in [2.24, 2.45) is 0 Å². The first-order chi connectivity index (χ1) is 14.0. The zero-order chi connectivity index (χ0) is 22.2. The molecule has 1 amide bonds. The molecule has 12 heteroatoms. The molecule has 0 saturated carbocycles. The minimum atomic E-state index is -4.09. The second-order valence-electron chi connectivity index (χ2n) is 6.96. The van der Waals surface area contributed by atoms with E-state index in [0.717, 1.165) is 16.9 Å². The third-order valence-corrected chi connectivity index (χ3v) is 7.02. The molecule has 3 aromatic rings. The molecule has 166 valence electrons. The van der Waals surface area contributed by atoms with Crippen LogP contribution in [0.4, 0.5) is 11.6 Å². The van der Waals surface area contributed by atoms with Crippen molar-refractivity contribution < 1.29 is 57.6 Å². The molecular weight excluding hydrogens is 465 g/mol. The zero-order valence-electron chi connectivity index (χ0n) is 18.6. The Kier molecular flexibility index (Phi) is 9.39. The van der Waals surface area contributed by atoms with Gasteiger partial charge in [-0.15, -0.1) is 11.3 Å².